The first-order chi connectivity index (χ1) is 11.7. The monoisotopic (exact) mass is 345 g/mol. The number of hydrogen-bond acceptors (Lipinski definition) is 4. The molecule has 1 aliphatic heterocycles. The second kappa shape index (κ2) is 6.53. The molecule has 0 spiro atoms. The molecule has 2 fully saturated rings. The van der Waals surface area contributed by atoms with Gasteiger partial charge in [0.1, 0.15) is 5.82 Å². The van der Waals surface area contributed by atoms with Gasteiger partial charge in [-0.2, -0.15) is 0 Å². The van der Waals surface area contributed by atoms with E-state index in [1.165, 1.54) is 0 Å². The summed E-state index contributed by atoms with van der Waals surface area (Å²) >= 11 is 6.29. The molecule has 4 rings (SSSR count). The molecule has 1 aliphatic carbocycles. The van der Waals surface area contributed by atoms with Crippen LogP contribution < -0.4 is 10.6 Å². The zero-order valence-electron chi connectivity index (χ0n) is 13.3. The SMILES string of the molecule is O=C(NCC1CCCN1)c1nc(C2CC2)n(-c2ccccc2Cl)n1. The van der Waals surface area contributed by atoms with Crippen molar-refractivity contribution in [2.45, 2.75) is 37.6 Å². The van der Waals surface area contributed by atoms with Gasteiger partial charge in [0.25, 0.3) is 5.91 Å². The van der Waals surface area contributed by atoms with Crippen LogP contribution in [-0.2, 0) is 0 Å². The third-order valence-corrected chi connectivity index (χ3v) is 4.85. The number of carbonyl (C=O) groups excluding carboxylic acids is 1. The molecular weight excluding hydrogens is 326 g/mol. The Morgan fingerprint density at radius 3 is 2.88 bits per heavy atom. The molecule has 2 heterocycles. The first-order valence-corrected chi connectivity index (χ1v) is 8.83. The maximum absolute atomic E-state index is 12.4. The molecule has 1 aromatic carbocycles. The van der Waals surface area contributed by atoms with Crippen LogP contribution in [0.15, 0.2) is 24.3 Å². The summed E-state index contributed by atoms with van der Waals surface area (Å²) in [5.74, 6) is 1.19. The Balaban J connectivity index is 1.57. The molecule has 1 saturated carbocycles. The van der Waals surface area contributed by atoms with Crippen molar-refractivity contribution in [3.05, 3.63) is 40.9 Å². The summed E-state index contributed by atoms with van der Waals surface area (Å²) < 4.78 is 1.72. The van der Waals surface area contributed by atoms with Gasteiger partial charge in [0, 0.05) is 18.5 Å². The fourth-order valence-corrected chi connectivity index (χ4v) is 3.27. The van der Waals surface area contributed by atoms with Crippen LogP contribution in [0.25, 0.3) is 5.69 Å². The number of rotatable bonds is 5. The van der Waals surface area contributed by atoms with E-state index in [0.29, 0.717) is 23.5 Å². The summed E-state index contributed by atoms with van der Waals surface area (Å²) in [6, 6.07) is 7.85. The Labute approximate surface area is 145 Å². The molecule has 126 valence electrons. The molecule has 0 bridgehead atoms. The summed E-state index contributed by atoms with van der Waals surface area (Å²) in [5.41, 5.74) is 0.769. The van der Waals surface area contributed by atoms with E-state index < -0.39 is 0 Å². The van der Waals surface area contributed by atoms with Gasteiger partial charge in [-0.25, -0.2) is 9.67 Å². The van der Waals surface area contributed by atoms with Crippen molar-refractivity contribution in [1.82, 2.24) is 25.4 Å². The van der Waals surface area contributed by atoms with Crippen LogP contribution in [0.4, 0.5) is 0 Å². The molecule has 2 aromatic rings. The minimum atomic E-state index is -0.226. The van der Waals surface area contributed by atoms with Crippen LogP contribution in [-0.4, -0.2) is 39.8 Å². The maximum Gasteiger partial charge on any atom is 0.291 e. The second-order valence-corrected chi connectivity index (χ2v) is 6.84. The lowest BCUT2D eigenvalue weighted by Crippen LogP contribution is -2.37. The molecule has 1 unspecified atom stereocenters. The van der Waals surface area contributed by atoms with Gasteiger partial charge >= 0.3 is 0 Å². The van der Waals surface area contributed by atoms with Crippen LogP contribution in [0, 0.1) is 0 Å². The summed E-state index contributed by atoms with van der Waals surface area (Å²) in [5, 5.41) is 11.3. The number of halogens is 1. The van der Waals surface area contributed by atoms with Crippen LogP contribution in [0.3, 0.4) is 0 Å². The van der Waals surface area contributed by atoms with E-state index in [0.717, 1.165) is 43.7 Å². The smallest absolute Gasteiger partial charge is 0.291 e. The fraction of sp³-hybridized carbons (Fsp3) is 0.471. The summed E-state index contributed by atoms with van der Waals surface area (Å²) in [6.07, 6.45) is 4.41. The maximum atomic E-state index is 12.4. The number of para-hydroxylation sites is 1. The fourth-order valence-electron chi connectivity index (χ4n) is 3.05. The van der Waals surface area contributed by atoms with Crippen LogP contribution >= 0.6 is 11.6 Å². The summed E-state index contributed by atoms with van der Waals surface area (Å²) in [4.78, 5) is 16.9. The molecule has 1 aromatic heterocycles. The van der Waals surface area contributed by atoms with Gasteiger partial charge in [-0.05, 0) is 44.4 Å². The first kappa shape index (κ1) is 15.6. The molecule has 1 atom stereocenters. The molecule has 1 saturated heterocycles. The predicted molar refractivity (Wildman–Crippen MR) is 91.7 cm³/mol. The standard InChI is InChI=1S/C17H20ClN5O/c18-13-5-1-2-6-14(13)23-16(11-7-8-11)21-15(22-23)17(24)20-10-12-4-3-9-19-12/h1-2,5-6,11-12,19H,3-4,7-10H2,(H,20,24). The molecule has 7 heteroatoms. The number of nitrogens with zero attached hydrogens (tertiary/aromatic N) is 3. The van der Waals surface area contributed by atoms with Crippen molar-refractivity contribution in [3.8, 4) is 5.69 Å². The van der Waals surface area contributed by atoms with E-state index in [1.54, 1.807) is 4.68 Å². The Bertz CT molecular complexity index is 749. The topological polar surface area (TPSA) is 71.8 Å². The highest BCUT2D eigenvalue weighted by atomic mass is 35.5. The van der Waals surface area contributed by atoms with E-state index in [4.69, 9.17) is 11.6 Å². The second-order valence-electron chi connectivity index (χ2n) is 6.43. The van der Waals surface area contributed by atoms with Crippen LogP contribution in [0.1, 0.15) is 48.0 Å². The quantitative estimate of drug-likeness (QED) is 0.872. The third kappa shape index (κ3) is 3.16. The van der Waals surface area contributed by atoms with E-state index in [1.807, 2.05) is 24.3 Å². The number of nitrogens with one attached hydrogen (secondary N) is 2. The molecule has 2 N–H and O–H groups in total. The lowest BCUT2D eigenvalue weighted by atomic mass is 10.2. The number of benzene rings is 1. The van der Waals surface area contributed by atoms with E-state index in [9.17, 15) is 4.79 Å². The number of carbonyl (C=O) groups is 1. The molecular formula is C17H20ClN5O. The summed E-state index contributed by atoms with van der Waals surface area (Å²) in [7, 11) is 0. The Hall–Kier alpha value is -1.92. The average Bonchev–Trinajstić information content (AvgIpc) is 3.12. The zero-order valence-corrected chi connectivity index (χ0v) is 14.1. The molecule has 24 heavy (non-hydrogen) atoms. The zero-order chi connectivity index (χ0) is 16.5. The Morgan fingerprint density at radius 1 is 1.33 bits per heavy atom. The molecule has 0 radical (unpaired) electrons. The van der Waals surface area contributed by atoms with Gasteiger partial charge in [0.2, 0.25) is 5.82 Å². The summed E-state index contributed by atoms with van der Waals surface area (Å²) in [6.45, 7) is 1.63. The van der Waals surface area contributed by atoms with Gasteiger partial charge in [-0.15, -0.1) is 5.10 Å². The van der Waals surface area contributed by atoms with Crippen molar-refractivity contribution in [2.24, 2.45) is 0 Å². The van der Waals surface area contributed by atoms with Crippen molar-refractivity contribution in [2.75, 3.05) is 13.1 Å². The van der Waals surface area contributed by atoms with Gasteiger partial charge in [-0.3, -0.25) is 4.79 Å². The average molecular weight is 346 g/mol. The first-order valence-electron chi connectivity index (χ1n) is 8.46. The lowest BCUT2D eigenvalue weighted by Gasteiger charge is -2.09. The third-order valence-electron chi connectivity index (χ3n) is 4.53. The molecule has 2 aliphatic rings. The number of aromatic nitrogens is 3. The van der Waals surface area contributed by atoms with Crippen molar-refractivity contribution in [3.63, 3.8) is 0 Å². The Kier molecular flexibility index (Phi) is 4.24. The van der Waals surface area contributed by atoms with Crippen molar-refractivity contribution in [1.29, 1.82) is 0 Å². The van der Waals surface area contributed by atoms with Crippen molar-refractivity contribution < 1.29 is 4.79 Å². The highest BCUT2D eigenvalue weighted by molar-refractivity contribution is 6.32. The normalized spacial score (nSPS) is 20.3. The molecule has 1 amide bonds. The highest BCUT2D eigenvalue weighted by Crippen LogP contribution is 2.40. The minimum absolute atomic E-state index is 0.217. The van der Waals surface area contributed by atoms with Gasteiger partial charge < -0.3 is 10.6 Å². The lowest BCUT2D eigenvalue weighted by molar-refractivity contribution is 0.0940. The van der Waals surface area contributed by atoms with Crippen LogP contribution in [0.2, 0.25) is 5.02 Å². The van der Waals surface area contributed by atoms with Gasteiger partial charge in [0.05, 0.1) is 10.7 Å². The van der Waals surface area contributed by atoms with Gasteiger partial charge in [0.15, 0.2) is 0 Å². The van der Waals surface area contributed by atoms with E-state index in [-0.39, 0.29) is 11.7 Å². The number of hydrogen-bond donors (Lipinski definition) is 2. The predicted octanol–water partition coefficient (Wildman–Crippen LogP) is 2.28. The number of amides is 1. The van der Waals surface area contributed by atoms with E-state index >= 15 is 0 Å². The van der Waals surface area contributed by atoms with Crippen molar-refractivity contribution >= 4 is 17.5 Å². The molecule has 6 nitrogen and oxygen atoms in total. The Morgan fingerprint density at radius 2 is 2.17 bits per heavy atom. The van der Waals surface area contributed by atoms with Gasteiger partial charge in [-0.1, -0.05) is 23.7 Å². The largest absolute Gasteiger partial charge is 0.348 e. The van der Waals surface area contributed by atoms with E-state index in [2.05, 4.69) is 20.7 Å². The highest BCUT2D eigenvalue weighted by Gasteiger charge is 2.32. The minimum Gasteiger partial charge on any atom is -0.348 e. The van der Waals surface area contributed by atoms with Crippen LogP contribution in [0.5, 0.6) is 0 Å².